The van der Waals surface area contributed by atoms with E-state index in [1.54, 1.807) is 14.2 Å². The van der Waals surface area contributed by atoms with Crippen molar-refractivity contribution in [1.29, 1.82) is 0 Å². The van der Waals surface area contributed by atoms with Crippen LogP contribution in [0.2, 0.25) is 0 Å². The zero-order valence-electron chi connectivity index (χ0n) is 16.6. The molecule has 0 amide bonds. The Balaban J connectivity index is 1.95. The minimum atomic E-state index is -3.60. The molecule has 5 atom stereocenters. The molecular formula is C20H27NO6S. The molecular weight excluding hydrogens is 382 g/mol. The second-order valence-corrected chi connectivity index (χ2v) is 9.32. The molecule has 3 aliphatic rings. The average Bonchev–Trinajstić information content (AvgIpc) is 3.00. The molecule has 4 rings (SSSR count). The third-order valence-corrected chi connectivity index (χ3v) is 6.82. The van der Waals surface area contributed by atoms with E-state index in [1.807, 2.05) is 25.3 Å². The largest absolute Gasteiger partial charge is 0.493 e. The van der Waals surface area contributed by atoms with Gasteiger partial charge in [-0.3, -0.25) is 4.18 Å². The first-order chi connectivity index (χ1) is 13.4. The molecule has 8 heteroatoms. The molecule has 28 heavy (non-hydrogen) atoms. The first-order valence-electron chi connectivity index (χ1n) is 9.46. The van der Waals surface area contributed by atoms with Crippen molar-refractivity contribution in [1.82, 2.24) is 5.32 Å². The van der Waals surface area contributed by atoms with Crippen LogP contribution in [0.4, 0.5) is 0 Å². The summed E-state index contributed by atoms with van der Waals surface area (Å²) in [4.78, 5) is 0. The molecule has 0 bridgehead atoms. The zero-order valence-corrected chi connectivity index (χ0v) is 17.4. The molecule has 1 aromatic rings. The number of ether oxygens (including phenoxy) is 3. The molecule has 0 fully saturated rings. The fraction of sp³-hybridized carbons (Fsp3) is 0.600. The fourth-order valence-electron chi connectivity index (χ4n) is 5.24. The Bertz CT molecular complexity index is 898. The van der Waals surface area contributed by atoms with Crippen molar-refractivity contribution in [2.24, 2.45) is 5.92 Å². The van der Waals surface area contributed by atoms with Gasteiger partial charge in [-0.1, -0.05) is 18.2 Å². The first-order valence-corrected chi connectivity index (χ1v) is 11.3. The summed E-state index contributed by atoms with van der Waals surface area (Å²) < 4.78 is 47.3. The van der Waals surface area contributed by atoms with Crippen LogP contribution in [0.3, 0.4) is 0 Å². The van der Waals surface area contributed by atoms with E-state index in [-0.39, 0.29) is 18.1 Å². The summed E-state index contributed by atoms with van der Waals surface area (Å²) in [6.45, 7) is 0.752. The maximum atomic E-state index is 12.0. The number of nitrogens with one attached hydrogen (secondary N) is 1. The molecule has 0 unspecified atom stereocenters. The highest BCUT2D eigenvalue weighted by molar-refractivity contribution is 7.86. The quantitative estimate of drug-likeness (QED) is 0.538. The van der Waals surface area contributed by atoms with Gasteiger partial charge in [0.25, 0.3) is 10.1 Å². The van der Waals surface area contributed by atoms with E-state index in [1.165, 1.54) is 0 Å². The van der Waals surface area contributed by atoms with Crippen LogP contribution in [0, 0.1) is 5.92 Å². The standard InChI is InChI=1S/C20H27NO6S/c1-21-10-9-20-13-6-8-15(25-3)19(20)26-18-14(24-2)7-5-12(17(18)20)11-16(13)27-28(4,22)23/h5-8,13,15-16,19,21H,9-11H2,1-4H3/t13-,15-,16-,19-,20-/m0/s1. The second-order valence-electron chi connectivity index (χ2n) is 7.72. The highest BCUT2D eigenvalue weighted by Gasteiger charge is 2.63. The van der Waals surface area contributed by atoms with Crippen molar-refractivity contribution in [2.75, 3.05) is 34.1 Å². The lowest BCUT2D eigenvalue weighted by molar-refractivity contribution is -0.0418. The van der Waals surface area contributed by atoms with Crippen molar-refractivity contribution >= 4 is 10.1 Å². The molecule has 154 valence electrons. The maximum absolute atomic E-state index is 12.0. The normalized spacial score (nSPS) is 32.7. The van der Waals surface area contributed by atoms with Crippen LogP contribution < -0.4 is 14.8 Å². The van der Waals surface area contributed by atoms with Gasteiger partial charge >= 0.3 is 0 Å². The number of methoxy groups -OCH3 is 2. The van der Waals surface area contributed by atoms with Crippen molar-refractivity contribution in [2.45, 2.75) is 36.6 Å². The number of hydrogen-bond donors (Lipinski definition) is 1. The van der Waals surface area contributed by atoms with Gasteiger partial charge in [0.15, 0.2) is 11.5 Å². The summed E-state index contributed by atoms with van der Waals surface area (Å²) in [5, 5.41) is 3.23. The molecule has 0 saturated carbocycles. The van der Waals surface area contributed by atoms with Gasteiger partial charge in [-0.2, -0.15) is 8.42 Å². The Morgan fingerprint density at radius 1 is 1.29 bits per heavy atom. The van der Waals surface area contributed by atoms with Crippen molar-refractivity contribution in [3.8, 4) is 11.5 Å². The molecule has 0 radical (unpaired) electrons. The van der Waals surface area contributed by atoms with Crippen LogP contribution in [0.25, 0.3) is 0 Å². The Morgan fingerprint density at radius 3 is 2.71 bits per heavy atom. The lowest BCUT2D eigenvalue weighted by Crippen LogP contribution is -2.59. The average molecular weight is 410 g/mol. The molecule has 1 heterocycles. The van der Waals surface area contributed by atoms with Crippen LogP contribution in [-0.4, -0.2) is 60.8 Å². The maximum Gasteiger partial charge on any atom is 0.264 e. The van der Waals surface area contributed by atoms with E-state index < -0.39 is 21.6 Å². The summed E-state index contributed by atoms with van der Waals surface area (Å²) in [6, 6.07) is 3.88. The second kappa shape index (κ2) is 7.02. The van der Waals surface area contributed by atoms with Crippen molar-refractivity contribution in [3.05, 3.63) is 35.4 Å². The summed E-state index contributed by atoms with van der Waals surface area (Å²) >= 11 is 0. The lowest BCUT2D eigenvalue weighted by Gasteiger charge is -2.50. The third-order valence-electron chi connectivity index (χ3n) is 6.23. The van der Waals surface area contributed by atoms with Gasteiger partial charge in [0.2, 0.25) is 0 Å². The van der Waals surface area contributed by atoms with E-state index in [0.29, 0.717) is 12.2 Å². The molecule has 0 aromatic heterocycles. The molecule has 1 aliphatic heterocycles. The van der Waals surface area contributed by atoms with E-state index in [9.17, 15) is 8.42 Å². The van der Waals surface area contributed by atoms with Gasteiger partial charge in [0.1, 0.15) is 12.2 Å². The highest BCUT2D eigenvalue weighted by Crippen LogP contribution is 2.61. The van der Waals surface area contributed by atoms with Gasteiger partial charge in [-0.25, -0.2) is 0 Å². The van der Waals surface area contributed by atoms with E-state index >= 15 is 0 Å². The minimum Gasteiger partial charge on any atom is -0.493 e. The summed E-state index contributed by atoms with van der Waals surface area (Å²) in [5.74, 6) is 1.29. The smallest absolute Gasteiger partial charge is 0.264 e. The molecule has 0 spiro atoms. The van der Waals surface area contributed by atoms with E-state index in [0.717, 1.165) is 36.1 Å². The predicted octanol–water partition coefficient (Wildman–Crippen LogP) is 1.41. The van der Waals surface area contributed by atoms with Crippen LogP contribution in [0.1, 0.15) is 17.5 Å². The van der Waals surface area contributed by atoms with Gasteiger partial charge < -0.3 is 19.5 Å². The zero-order chi connectivity index (χ0) is 20.1. The molecule has 1 N–H and O–H groups in total. The number of hydrogen-bond acceptors (Lipinski definition) is 7. The fourth-order valence-corrected chi connectivity index (χ4v) is 5.88. The van der Waals surface area contributed by atoms with Gasteiger partial charge in [0, 0.05) is 30.4 Å². The predicted molar refractivity (Wildman–Crippen MR) is 104 cm³/mol. The van der Waals surface area contributed by atoms with Crippen LogP contribution in [-0.2, 0) is 30.9 Å². The number of benzene rings is 1. The SMILES string of the molecule is CNCC[C@]12c3c4ccc(OC)c3O[C@H]1[C@@H](OC)C=C[C@H]2[C@@H](OS(C)(=O)=O)C4. The van der Waals surface area contributed by atoms with E-state index in [4.69, 9.17) is 18.4 Å². The molecule has 2 aliphatic carbocycles. The topological polar surface area (TPSA) is 83.1 Å². The van der Waals surface area contributed by atoms with Crippen LogP contribution in [0.5, 0.6) is 11.5 Å². The Hall–Kier alpha value is -1.61. The van der Waals surface area contributed by atoms with Crippen LogP contribution >= 0.6 is 0 Å². The van der Waals surface area contributed by atoms with Gasteiger partial charge in [-0.15, -0.1) is 0 Å². The Kier molecular flexibility index (Phi) is 4.94. The molecule has 7 nitrogen and oxygen atoms in total. The van der Waals surface area contributed by atoms with E-state index in [2.05, 4.69) is 11.4 Å². The summed E-state index contributed by atoms with van der Waals surface area (Å²) in [5.41, 5.74) is 1.70. The number of rotatable bonds is 7. The van der Waals surface area contributed by atoms with Crippen LogP contribution in [0.15, 0.2) is 24.3 Å². The summed E-state index contributed by atoms with van der Waals surface area (Å²) in [7, 11) is 1.60. The lowest BCUT2D eigenvalue weighted by atomic mass is 9.56. The van der Waals surface area contributed by atoms with Crippen molar-refractivity contribution in [3.63, 3.8) is 0 Å². The Labute approximate surface area is 166 Å². The van der Waals surface area contributed by atoms with Crippen molar-refractivity contribution < 1.29 is 26.8 Å². The highest BCUT2D eigenvalue weighted by atomic mass is 32.2. The minimum absolute atomic E-state index is 0.146. The Morgan fingerprint density at radius 2 is 2.07 bits per heavy atom. The molecule has 0 saturated heterocycles. The molecule has 1 aromatic carbocycles. The third kappa shape index (κ3) is 2.85. The monoisotopic (exact) mass is 409 g/mol. The first kappa shape index (κ1) is 19.7. The van der Waals surface area contributed by atoms with Gasteiger partial charge in [-0.05, 0) is 31.6 Å². The summed E-state index contributed by atoms with van der Waals surface area (Å²) in [6.07, 6.45) is 5.38. The van der Waals surface area contributed by atoms with Gasteiger partial charge in [0.05, 0.1) is 19.5 Å².